The van der Waals surface area contributed by atoms with E-state index in [0.29, 0.717) is 16.6 Å². The third-order valence-electron chi connectivity index (χ3n) is 5.84. The molecule has 4 rings (SSSR count). The highest BCUT2D eigenvalue weighted by molar-refractivity contribution is 7.99. The Morgan fingerprint density at radius 2 is 1.50 bits per heavy atom. The van der Waals surface area contributed by atoms with Crippen LogP contribution < -0.4 is 10.1 Å². The smallest absolute Gasteiger partial charge is 0.251 e. The zero-order chi connectivity index (χ0) is 26.9. The molecule has 4 aromatic rings. The van der Waals surface area contributed by atoms with Crippen molar-refractivity contribution < 1.29 is 14.3 Å². The quantitative estimate of drug-likeness (QED) is 0.214. The predicted octanol–water partition coefficient (Wildman–Crippen LogP) is 5.60. The van der Waals surface area contributed by atoms with Crippen molar-refractivity contribution in [2.75, 3.05) is 18.2 Å². The molecule has 0 aliphatic rings. The number of ether oxygens (including phenoxy) is 1. The molecule has 0 bridgehead atoms. The molecule has 0 saturated heterocycles. The van der Waals surface area contributed by atoms with Crippen molar-refractivity contribution in [1.82, 2.24) is 14.9 Å². The Labute approximate surface area is 227 Å². The summed E-state index contributed by atoms with van der Waals surface area (Å²) in [7, 11) is 1.59. The normalized spacial score (nSPS) is 11.4. The molecule has 1 heterocycles. The second-order valence-corrected chi connectivity index (χ2v) is 9.70. The Kier molecular flexibility index (Phi) is 9.11. The van der Waals surface area contributed by atoms with Gasteiger partial charge in [-0.2, -0.15) is 0 Å². The zero-order valence-corrected chi connectivity index (χ0v) is 22.4. The molecule has 194 valence electrons. The fourth-order valence-corrected chi connectivity index (χ4v) is 4.90. The molecule has 0 aliphatic carbocycles. The minimum atomic E-state index is -0.855. The van der Waals surface area contributed by atoms with Crippen LogP contribution in [0.4, 0.5) is 5.69 Å². The van der Waals surface area contributed by atoms with Gasteiger partial charge in [-0.05, 0) is 55.3 Å². The average molecular weight is 527 g/mol. The third kappa shape index (κ3) is 7.20. The molecule has 3 aromatic carbocycles. The van der Waals surface area contributed by atoms with Gasteiger partial charge >= 0.3 is 0 Å². The summed E-state index contributed by atoms with van der Waals surface area (Å²) in [6.07, 6.45) is 0. The predicted molar refractivity (Wildman–Crippen MR) is 150 cm³/mol. The largest absolute Gasteiger partial charge is 0.497 e. The first-order valence-electron chi connectivity index (χ1n) is 12.2. The number of nitrogens with zero attached hydrogens (tertiary/aromatic N) is 3. The summed E-state index contributed by atoms with van der Waals surface area (Å²) in [5.74, 6) is 0.280. The molecule has 1 aromatic heterocycles. The summed E-state index contributed by atoms with van der Waals surface area (Å²) in [5.41, 5.74) is 3.94. The van der Waals surface area contributed by atoms with E-state index in [1.807, 2.05) is 80.6 Å². The van der Waals surface area contributed by atoms with Crippen LogP contribution in [0.3, 0.4) is 0 Å². The molecule has 1 N–H and O–H groups in total. The van der Waals surface area contributed by atoms with Gasteiger partial charge in [0, 0.05) is 23.6 Å². The van der Waals surface area contributed by atoms with E-state index in [2.05, 4.69) is 15.3 Å². The van der Waals surface area contributed by atoms with Crippen LogP contribution in [0.5, 0.6) is 5.75 Å². The third-order valence-corrected chi connectivity index (χ3v) is 6.67. The van der Waals surface area contributed by atoms with E-state index in [1.54, 1.807) is 36.3 Å². The lowest BCUT2D eigenvalue weighted by molar-refractivity contribution is -0.137. The van der Waals surface area contributed by atoms with Crippen molar-refractivity contribution in [3.63, 3.8) is 0 Å². The molecule has 0 saturated carbocycles. The highest BCUT2D eigenvalue weighted by atomic mass is 32.2. The second kappa shape index (κ2) is 12.9. The topological polar surface area (TPSA) is 84.4 Å². The van der Waals surface area contributed by atoms with Gasteiger partial charge in [-0.15, -0.1) is 0 Å². The zero-order valence-electron chi connectivity index (χ0n) is 21.6. The number of methoxy groups -OCH3 is 1. The van der Waals surface area contributed by atoms with E-state index >= 15 is 0 Å². The number of nitrogens with one attached hydrogen (secondary N) is 1. The second-order valence-electron chi connectivity index (χ2n) is 8.76. The molecule has 0 aliphatic heterocycles. The Hall–Kier alpha value is -4.17. The van der Waals surface area contributed by atoms with E-state index in [9.17, 15) is 9.59 Å². The number of aromatic nitrogens is 2. The van der Waals surface area contributed by atoms with Crippen LogP contribution in [0.25, 0.3) is 0 Å². The van der Waals surface area contributed by atoms with Gasteiger partial charge in [0.05, 0.1) is 12.9 Å². The minimum Gasteiger partial charge on any atom is -0.497 e. The number of hydrogen-bond acceptors (Lipinski definition) is 6. The van der Waals surface area contributed by atoms with E-state index in [-0.39, 0.29) is 24.1 Å². The first-order valence-corrected chi connectivity index (χ1v) is 13.2. The first kappa shape index (κ1) is 26.9. The van der Waals surface area contributed by atoms with Crippen molar-refractivity contribution in [2.45, 2.75) is 31.6 Å². The number of hydrogen-bond donors (Lipinski definition) is 1. The molecule has 0 spiro atoms. The van der Waals surface area contributed by atoms with Crippen molar-refractivity contribution in [1.29, 1.82) is 0 Å². The fraction of sp³-hybridized carbons (Fsp3) is 0.200. The summed E-state index contributed by atoms with van der Waals surface area (Å²) in [6, 6.07) is 27.2. The number of anilines is 1. The number of rotatable bonds is 10. The van der Waals surface area contributed by atoms with Crippen molar-refractivity contribution in [3.8, 4) is 5.75 Å². The van der Waals surface area contributed by atoms with Crippen molar-refractivity contribution in [2.24, 2.45) is 0 Å². The van der Waals surface area contributed by atoms with Gasteiger partial charge < -0.3 is 15.0 Å². The highest BCUT2D eigenvalue weighted by Gasteiger charge is 2.32. The lowest BCUT2D eigenvalue weighted by Crippen LogP contribution is -2.41. The Morgan fingerprint density at radius 1 is 0.895 bits per heavy atom. The molecule has 1 atom stereocenters. The molecule has 8 heteroatoms. The number of benzene rings is 3. The van der Waals surface area contributed by atoms with Crippen LogP contribution in [-0.2, 0) is 16.1 Å². The number of aryl methyl sites for hydroxylation is 2. The van der Waals surface area contributed by atoms with Crippen molar-refractivity contribution in [3.05, 3.63) is 114 Å². The van der Waals surface area contributed by atoms with Crippen LogP contribution in [0, 0.1) is 13.8 Å². The average Bonchev–Trinajstić information content (AvgIpc) is 2.92. The maximum absolute atomic E-state index is 13.8. The molecular weight excluding hydrogens is 496 g/mol. The van der Waals surface area contributed by atoms with E-state index in [1.165, 1.54) is 11.8 Å². The molecule has 0 fully saturated rings. The Morgan fingerprint density at radius 3 is 2.11 bits per heavy atom. The number of carbonyl (C=O) groups is 2. The fourth-order valence-electron chi connectivity index (χ4n) is 4.06. The molecule has 2 amide bonds. The maximum atomic E-state index is 13.8. The molecule has 7 nitrogen and oxygen atoms in total. The van der Waals surface area contributed by atoms with Crippen LogP contribution in [0.2, 0.25) is 0 Å². The molecule has 0 radical (unpaired) electrons. The highest BCUT2D eigenvalue weighted by Crippen LogP contribution is 2.27. The van der Waals surface area contributed by atoms with Gasteiger partial charge in [0.25, 0.3) is 5.91 Å². The SMILES string of the molecule is COc1ccc(NC(=O)C(c2ccccc2)N(Cc2ccccc2)C(=O)CSc2nc(C)cc(C)n2)cc1. The Bertz CT molecular complexity index is 1350. The Balaban J connectivity index is 1.65. The van der Waals surface area contributed by atoms with Crippen LogP contribution >= 0.6 is 11.8 Å². The summed E-state index contributed by atoms with van der Waals surface area (Å²) in [4.78, 5) is 38.1. The van der Waals surface area contributed by atoms with Crippen LogP contribution in [0.1, 0.15) is 28.6 Å². The van der Waals surface area contributed by atoms with Gasteiger partial charge in [-0.1, -0.05) is 72.4 Å². The first-order chi connectivity index (χ1) is 18.4. The van der Waals surface area contributed by atoms with E-state index < -0.39 is 6.04 Å². The maximum Gasteiger partial charge on any atom is 0.251 e. The minimum absolute atomic E-state index is 0.0921. The van der Waals surface area contributed by atoms with E-state index in [4.69, 9.17) is 4.74 Å². The summed E-state index contributed by atoms with van der Waals surface area (Å²) >= 11 is 1.27. The summed E-state index contributed by atoms with van der Waals surface area (Å²) in [5, 5.41) is 3.52. The molecule has 38 heavy (non-hydrogen) atoms. The summed E-state index contributed by atoms with van der Waals surface area (Å²) in [6.45, 7) is 4.07. The van der Waals surface area contributed by atoms with Gasteiger partial charge in [0.2, 0.25) is 5.91 Å². The number of amides is 2. The van der Waals surface area contributed by atoms with Crippen LogP contribution in [0.15, 0.2) is 96.2 Å². The monoisotopic (exact) mass is 526 g/mol. The standard InChI is InChI=1S/C30H30N4O3S/c1-21-18-22(2)32-30(31-21)38-20-27(35)34(19-23-10-6-4-7-11-23)28(24-12-8-5-9-13-24)29(36)33-25-14-16-26(37-3)17-15-25/h4-18,28H,19-20H2,1-3H3,(H,33,36). The van der Waals surface area contributed by atoms with E-state index in [0.717, 1.165) is 22.5 Å². The van der Waals surface area contributed by atoms with Gasteiger partial charge in [0.1, 0.15) is 11.8 Å². The lowest BCUT2D eigenvalue weighted by atomic mass is 10.0. The summed E-state index contributed by atoms with van der Waals surface area (Å²) < 4.78 is 5.23. The molecular formula is C30H30N4O3S. The van der Waals surface area contributed by atoms with Gasteiger partial charge in [-0.3, -0.25) is 9.59 Å². The number of thioether (sulfide) groups is 1. The van der Waals surface area contributed by atoms with Gasteiger partial charge in [-0.25, -0.2) is 9.97 Å². The molecule has 1 unspecified atom stereocenters. The van der Waals surface area contributed by atoms with Gasteiger partial charge in [0.15, 0.2) is 5.16 Å². The van der Waals surface area contributed by atoms with Crippen molar-refractivity contribution >= 4 is 29.3 Å². The number of carbonyl (C=O) groups excluding carboxylic acids is 2. The van der Waals surface area contributed by atoms with Crippen LogP contribution in [-0.4, -0.2) is 39.5 Å². The lowest BCUT2D eigenvalue weighted by Gasteiger charge is -2.31.